The summed E-state index contributed by atoms with van der Waals surface area (Å²) < 4.78 is 0.674. The average Bonchev–Trinajstić information content (AvgIpc) is 2.95. The Morgan fingerprint density at radius 2 is 1.94 bits per heavy atom. The van der Waals surface area contributed by atoms with E-state index in [1.807, 2.05) is 0 Å². The first-order chi connectivity index (χ1) is 8.58. The van der Waals surface area contributed by atoms with Crippen molar-refractivity contribution in [1.82, 2.24) is 15.8 Å². The predicted octanol–water partition coefficient (Wildman–Crippen LogP) is 2.46. The van der Waals surface area contributed by atoms with Gasteiger partial charge in [-0.05, 0) is 18.2 Å². The highest BCUT2D eigenvalue weighted by molar-refractivity contribution is 7.20. The van der Waals surface area contributed by atoms with Crippen LogP contribution in [-0.4, -0.2) is 16.8 Å². The summed E-state index contributed by atoms with van der Waals surface area (Å²) in [7, 11) is 0. The molecular formula is C10H7Cl2N3O2S. The van der Waals surface area contributed by atoms with Gasteiger partial charge in [0.2, 0.25) is 0 Å². The van der Waals surface area contributed by atoms with Gasteiger partial charge in [-0.2, -0.15) is 0 Å². The molecule has 0 aliphatic rings. The monoisotopic (exact) mass is 303 g/mol. The molecule has 0 aliphatic carbocycles. The molecule has 2 aromatic rings. The molecule has 0 saturated heterocycles. The van der Waals surface area contributed by atoms with E-state index in [2.05, 4.69) is 15.8 Å². The van der Waals surface area contributed by atoms with E-state index in [0.717, 1.165) is 11.3 Å². The minimum absolute atomic E-state index is 0.221. The number of aromatic amines is 1. The summed E-state index contributed by atoms with van der Waals surface area (Å²) >= 11 is 12.6. The average molecular weight is 304 g/mol. The van der Waals surface area contributed by atoms with E-state index in [1.54, 1.807) is 18.3 Å². The maximum absolute atomic E-state index is 11.7. The van der Waals surface area contributed by atoms with Crippen LogP contribution in [0.15, 0.2) is 24.4 Å². The number of amides is 2. The number of rotatable bonds is 2. The highest BCUT2D eigenvalue weighted by atomic mass is 35.5. The number of aromatic nitrogens is 1. The third-order valence-corrected chi connectivity index (χ3v) is 3.52. The lowest BCUT2D eigenvalue weighted by Crippen LogP contribution is -2.41. The van der Waals surface area contributed by atoms with E-state index in [9.17, 15) is 9.59 Å². The van der Waals surface area contributed by atoms with Gasteiger partial charge < -0.3 is 4.98 Å². The first kappa shape index (κ1) is 12.9. The molecule has 0 aliphatic heterocycles. The number of carbonyl (C=O) groups excluding carboxylic acids is 2. The van der Waals surface area contributed by atoms with Crippen LogP contribution in [-0.2, 0) is 0 Å². The highest BCUT2D eigenvalue weighted by Crippen LogP contribution is 2.30. The lowest BCUT2D eigenvalue weighted by atomic mass is 10.3. The lowest BCUT2D eigenvalue weighted by molar-refractivity contribution is 0.0844. The molecule has 2 rings (SSSR count). The van der Waals surface area contributed by atoms with Crippen molar-refractivity contribution < 1.29 is 9.59 Å². The summed E-state index contributed by atoms with van der Waals surface area (Å²) in [4.78, 5) is 25.9. The van der Waals surface area contributed by atoms with Gasteiger partial charge in [0.1, 0.15) is 10.0 Å². The van der Waals surface area contributed by atoms with Crippen LogP contribution >= 0.6 is 34.5 Å². The van der Waals surface area contributed by atoms with E-state index >= 15 is 0 Å². The Hall–Kier alpha value is -1.50. The van der Waals surface area contributed by atoms with Gasteiger partial charge in [-0.15, -0.1) is 11.3 Å². The molecule has 0 atom stereocenters. The van der Waals surface area contributed by atoms with Gasteiger partial charge in [0.25, 0.3) is 11.8 Å². The molecule has 5 nitrogen and oxygen atoms in total. The van der Waals surface area contributed by atoms with Crippen LogP contribution in [0.5, 0.6) is 0 Å². The second-order valence-electron chi connectivity index (χ2n) is 3.23. The molecule has 0 aromatic carbocycles. The lowest BCUT2D eigenvalue weighted by Gasteiger charge is -2.05. The molecule has 18 heavy (non-hydrogen) atoms. The Morgan fingerprint density at radius 3 is 2.50 bits per heavy atom. The van der Waals surface area contributed by atoms with Crippen molar-refractivity contribution in [3.8, 4) is 0 Å². The van der Waals surface area contributed by atoms with Gasteiger partial charge in [-0.1, -0.05) is 23.2 Å². The minimum atomic E-state index is -0.525. The van der Waals surface area contributed by atoms with E-state index < -0.39 is 11.8 Å². The third-order valence-electron chi connectivity index (χ3n) is 2.03. The molecule has 0 unspecified atom stereocenters. The normalized spacial score (nSPS) is 10.1. The van der Waals surface area contributed by atoms with Crippen LogP contribution in [0.1, 0.15) is 20.8 Å². The Kier molecular flexibility index (Phi) is 3.90. The predicted molar refractivity (Wildman–Crippen MR) is 70.1 cm³/mol. The van der Waals surface area contributed by atoms with Crippen molar-refractivity contribution in [2.75, 3.05) is 0 Å². The first-order valence-corrected chi connectivity index (χ1v) is 6.34. The summed E-state index contributed by atoms with van der Waals surface area (Å²) in [6.45, 7) is 0. The van der Waals surface area contributed by atoms with Crippen molar-refractivity contribution in [2.24, 2.45) is 0 Å². The summed E-state index contributed by atoms with van der Waals surface area (Å²) in [5.41, 5.74) is 5.06. The van der Waals surface area contributed by atoms with Crippen molar-refractivity contribution in [2.45, 2.75) is 0 Å². The molecule has 0 bridgehead atoms. The fraction of sp³-hybridized carbons (Fsp3) is 0. The second-order valence-corrected chi connectivity index (χ2v) is 5.52. The summed E-state index contributed by atoms with van der Waals surface area (Å²) in [5.74, 6) is -0.978. The SMILES string of the molecule is O=C(NNC(=O)c1cc(Cl)sc1Cl)c1ccc[nH]1. The fourth-order valence-corrected chi connectivity index (χ4v) is 2.67. The topological polar surface area (TPSA) is 74.0 Å². The Bertz CT molecular complexity index is 580. The number of nitrogens with one attached hydrogen (secondary N) is 3. The maximum Gasteiger partial charge on any atom is 0.286 e. The number of hydrazine groups is 1. The number of H-pyrrole nitrogens is 1. The first-order valence-electron chi connectivity index (χ1n) is 4.77. The molecule has 0 spiro atoms. The van der Waals surface area contributed by atoms with Crippen LogP contribution in [0.3, 0.4) is 0 Å². The van der Waals surface area contributed by atoms with Crippen molar-refractivity contribution in [1.29, 1.82) is 0 Å². The van der Waals surface area contributed by atoms with Gasteiger partial charge in [0.15, 0.2) is 0 Å². The van der Waals surface area contributed by atoms with Crippen molar-refractivity contribution in [3.63, 3.8) is 0 Å². The van der Waals surface area contributed by atoms with Crippen LogP contribution < -0.4 is 10.9 Å². The summed E-state index contributed by atoms with van der Waals surface area (Å²) in [6.07, 6.45) is 1.60. The van der Waals surface area contributed by atoms with E-state index in [-0.39, 0.29) is 9.90 Å². The zero-order valence-electron chi connectivity index (χ0n) is 8.79. The number of carbonyl (C=O) groups is 2. The van der Waals surface area contributed by atoms with Gasteiger partial charge in [0.05, 0.1) is 9.90 Å². The molecular weight excluding hydrogens is 297 g/mol. The highest BCUT2D eigenvalue weighted by Gasteiger charge is 2.15. The summed E-state index contributed by atoms with van der Waals surface area (Å²) in [6, 6.07) is 4.69. The number of thiophene rings is 1. The van der Waals surface area contributed by atoms with E-state index in [0.29, 0.717) is 10.0 Å². The minimum Gasteiger partial charge on any atom is -0.357 e. The Labute approximate surface area is 116 Å². The zero-order valence-corrected chi connectivity index (χ0v) is 11.1. The smallest absolute Gasteiger partial charge is 0.286 e. The van der Waals surface area contributed by atoms with Gasteiger partial charge >= 0.3 is 0 Å². The number of hydrogen-bond donors (Lipinski definition) is 3. The molecule has 2 heterocycles. The maximum atomic E-state index is 11.7. The van der Waals surface area contributed by atoms with Gasteiger partial charge in [-0.3, -0.25) is 20.4 Å². The zero-order chi connectivity index (χ0) is 13.1. The molecule has 2 aromatic heterocycles. The van der Waals surface area contributed by atoms with Crippen LogP contribution in [0, 0.1) is 0 Å². The molecule has 94 valence electrons. The molecule has 8 heteroatoms. The fourth-order valence-electron chi connectivity index (χ4n) is 1.21. The second kappa shape index (κ2) is 5.43. The molecule has 0 saturated carbocycles. The Morgan fingerprint density at radius 1 is 1.22 bits per heavy atom. The summed E-state index contributed by atoms with van der Waals surface area (Å²) in [5, 5.41) is 0. The van der Waals surface area contributed by atoms with Gasteiger partial charge in [0, 0.05) is 6.20 Å². The third kappa shape index (κ3) is 2.84. The van der Waals surface area contributed by atoms with E-state index in [4.69, 9.17) is 23.2 Å². The largest absolute Gasteiger partial charge is 0.357 e. The molecule has 0 radical (unpaired) electrons. The number of hydrogen-bond acceptors (Lipinski definition) is 3. The molecule has 2 amide bonds. The number of halogens is 2. The van der Waals surface area contributed by atoms with E-state index in [1.165, 1.54) is 6.07 Å². The van der Waals surface area contributed by atoms with Crippen molar-refractivity contribution >= 4 is 46.4 Å². The molecule has 3 N–H and O–H groups in total. The Balaban J connectivity index is 1.97. The van der Waals surface area contributed by atoms with Crippen molar-refractivity contribution in [3.05, 3.63) is 44.3 Å². The standard InChI is InChI=1S/C10H7Cl2N3O2S/c11-7-4-5(8(12)18-7)9(16)14-15-10(17)6-2-1-3-13-6/h1-4,13H,(H,14,16)(H,15,17). The quantitative estimate of drug-likeness (QED) is 0.746. The van der Waals surface area contributed by atoms with Crippen LogP contribution in [0.2, 0.25) is 8.67 Å². The van der Waals surface area contributed by atoms with Crippen LogP contribution in [0.25, 0.3) is 0 Å². The van der Waals surface area contributed by atoms with Gasteiger partial charge in [-0.25, -0.2) is 0 Å². The molecule has 0 fully saturated rings. The van der Waals surface area contributed by atoms with Crippen LogP contribution in [0.4, 0.5) is 0 Å².